The zero-order valence-electron chi connectivity index (χ0n) is 19.5. The average Bonchev–Trinajstić information content (AvgIpc) is 2.89. The fourth-order valence-corrected chi connectivity index (χ4v) is 4.35. The number of nitrogens with zero attached hydrogens (tertiary/aromatic N) is 2. The van der Waals surface area contributed by atoms with Gasteiger partial charge in [-0.05, 0) is 42.3 Å². The number of hydrogen-bond acceptors (Lipinski definition) is 4. The van der Waals surface area contributed by atoms with Crippen molar-refractivity contribution in [3.05, 3.63) is 102 Å². The molecule has 1 N–H and O–H groups in total. The zero-order chi connectivity index (χ0) is 23.8. The van der Waals surface area contributed by atoms with E-state index < -0.39 is 0 Å². The van der Waals surface area contributed by atoms with Gasteiger partial charge in [-0.25, -0.2) is 0 Å². The molecule has 3 aromatic carbocycles. The molecule has 0 bridgehead atoms. The Morgan fingerprint density at radius 3 is 1.91 bits per heavy atom. The Balaban J connectivity index is 1.32. The first-order valence-corrected chi connectivity index (χ1v) is 11.8. The molecule has 1 heterocycles. The minimum absolute atomic E-state index is 0.00710. The highest BCUT2D eigenvalue weighted by Gasteiger charge is 2.28. The maximum absolute atomic E-state index is 12.8. The van der Waals surface area contributed by atoms with E-state index in [1.165, 1.54) is 11.1 Å². The third kappa shape index (κ3) is 5.83. The SMILES string of the molecule is CCOc1ccc(C(=O)NCC(=O)N2CCN(C(c3ccccc3)c3ccccc3)CC2)cc1. The van der Waals surface area contributed by atoms with E-state index in [1.807, 2.05) is 24.0 Å². The summed E-state index contributed by atoms with van der Waals surface area (Å²) in [6.07, 6.45) is 0. The Morgan fingerprint density at radius 2 is 1.38 bits per heavy atom. The van der Waals surface area contributed by atoms with Gasteiger partial charge < -0.3 is 15.0 Å². The molecule has 0 aromatic heterocycles. The Kier molecular flexibility index (Phi) is 7.94. The van der Waals surface area contributed by atoms with E-state index in [-0.39, 0.29) is 24.4 Å². The van der Waals surface area contributed by atoms with E-state index >= 15 is 0 Å². The van der Waals surface area contributed by atoms with Crippen LogP contribution in [0.15, 0.2) is 84.9 Å². The number of nitrogens with one attached hydrogen (secondary N) is 1. The van der Waals surface area contributed by atoms with Gasteiger partial charge >= 0.3 is 0 Å². The molecule has 1 saturated heterocycles. The van der Waals surface area contributed by atoms with Gasteiger partial charge in [0.1, 0.15) is 5.75 Å². The number of carbonyl (C=O) groups is 2. The van der Waals surface area contributed by atoms with Gasteiger partial charge in [0.15, 0.2) is 0 Å². The predicted octanol–water partition coefficient (Wildman–Crippen LogP) is 3.75. The lowest BCUT2D eigenvalue weighted by Gasteiger charge is -2.39. The second kappa shape index (κ2) is 11.5. The molecule has 0 spiro atoms. The number of amides is 2. The molecule has 0 aliphatic carbocycles. The fraction of sp³-hybridized carbons (Fsp3) is 0.286. The van der Waals surface area contributed by atoms with Gasteiger partial charge in [0, 0.05) is 31.7 Å². The molecular formula is C28H31N3O3. The molecule has 6 heteroatoms. The summed E-state index contributed by atoms with van der Waals surface area (Å²) in [5, 5.41) is 2.75. The van der Waals surface area contributed by atoms with Crippen LogP contribution in [-0.4, -0.2) is 60.9 Å². The molecule has 3 aromatic rings. The van der Waals surface area contributed by atoms with Crippen molar-refractivity contribution in [2.45, 2.75) is 13.0 Å². The first kappa shape index (κ1) is 23.5. The molecule has 2 amide bonds. The van der Waals surface area contributed by atoms with E-state index in [9.17, 15) is 9.59 Å². The third-order valence-electron chi connectivity index (χ3n) is 6.09. The van der Waals surface area contributed by atoms with Gasteiger partial charge in [-0.2, -0.15) is 0 Å². The molecular weight excluding hydrogens is 426 g/mol. The van der Waals surface area contributed by atoms with Crippen LogP contribution in [0.1, 0.15) is 34.5 Å². The first-order valence-electron chi connectivity index (χ1n) is 11.8. The quantitative estimate of drug-likeness (QED) is 0.560. The van der Waals surface area contributed by atoms with Crippen molar-refractivity contribution < 1.29 is 14.3 Å². The molecule has 176 valence electrons. The molecule has 6 nitrogen and oxygen atoms in total. The van der Waals surface area contributed by atoms with E-state index in [0.29, 0.717) is 25.3 Å². The van der Waals surface area contributed by atoms with E-state index in [4.69, 9.17) is 4.74 Å². The topological polar surface area (TPSA) is 61.9 Å². The second-order valence-corrected chi connectivity index (χ2v) is 8.28. The normalized spacial score (nSPS) is 14.1. The zero-order valence-corrected chi connectivity index (χ0v) is 19.5. The molecule has 1 fully saturated rings. The molecule has 0 radical (unpaired) electrons. The van der Waals surface area contributed by atoms with Crippen LogP contribution >= 0.6 is 0 Å². The highest BCUT2D eigenvalue weighted by atomic mass is 16.5. The van der Waals surface area contributed by atoms with Gasteiger partial charge in [0.2, 0.25) is 5.91 Å². The van der Waals surface area contributed by atoms with Gasteiger partial charge in [-0.15, -0.1) is 0 Å². The number of hydrogen-bond donors (Lipinski definition) is 1. The van der Waals surface area contributed by atoms with Gasteiger partial charge in [0.05, 0.1) is 19.2 Å². The van der Waals surface area contributed by atoms with Crippen LogP contribution in [0, 0.1) is 0 Å². The molecule has 0 saturated carbocycles. The molecule has 4 rings (SSSR count). The van der Waals surface area contributed by atoms with Gasteiger partial charge in [-0.1, -0.05) is 60.7 Å². The Labute approximate surface area is 201 Å². The van der Waals surface area contributed by atoms with Crippen LogP contribution in [-0.2, 0) is 4.79 Å². The second-order valence-electron chi connectivity index (χ2n) is 8.28. The lowest BCUT2D eigenvalue weighted by molar-refractivity contribution is -0.132. The molecule has 0 unspecified atom stereocenters. The maximum Gasteiger partial charge on any atom is 0.251 e. The van der Waals surface area contributed by atoms with E-state index in [0.717, 1.165) is 18.8 Å². The Morgan fingerprint density at radius 1 is 0.824 bits per heavy atom. The van der Waals surface area contributed by atoms with Crippen molar-refractivity contribution in [3.63, 3.8) is 0 Å². The predicted molar refractivity (Wildman–Crippen MR) is 133 cm³/mol. The van der Waals surface area contributed by atoms with Crippen LogP contribution in [0.5, 0.6) is 5.75 Å². The van der Waals surface area contributed by atoms with Crippen LogP contribution in [0.3, 0.4) is 0 Å². The van der Waals surface area contributed by atoms with Gasteiger partial charge in [0.25, 0.3) is 5.91 Å². The molecule has 1 aliphatic heterocycles. The summed E-state index contributed by atoms with van der Waals surface area (Å²) >= 11 is 0. The van der Waals surface area contributed by atoms with Crippen molar-refractivity contribution in [2.75, 3.05) is 39.3 Å². The Bertz CT molecular complexity index is 1020. The van der Waals surface area contributed by atoms with Crippen molar-refractivity contribution in [1.82, 2.24) is 15.1 Å². The highest BCUT2D eigenvalue weighted by Crippen LogP contribution is 2.29. The monoisotopic (exact) mass is 457 g/mol. The summed E-state index contributed by atoms with van der Waals surface area (Å²) in [4.78, 5) is 29.4. The van der Waals surface area contributed by atoms with Crippen LogP contribution in [0.25, 0.3) is 0 Å². The minimum atomic E-state index is -0.261. The smallest absolute Gasteiger partial charge is 0.251 e. The number of carbonyl (C=O) groups excluding carboxylic acids is 2. The van der Waals surface area contributed by atoms with Crippen LogP contribution in [0.2, 0.25) is 0 Å². The van der Waals surface area contributed by atoms with E-state index in [2.05, 4.69) is 58.7 Å². The summed E-state index contributed by atoms with van der Waals surface area (Å²) in [6, 6.07) is 28.0. The summed E-state index contributed by atoms with van der Waals surface area (Å²) in [5.41, 5.74) is 3.00. The maximum atomic E-state index is 12.8. The Hall–Kier alpha value is -3.64. The van der Waals surface area contributed by atoms with Gasteiger partial charge in [-0.3, -0.25) is 14.5 Å². The fourth-order valence-electron chi connectivity index (χ4n) is 4.35. The summed E-state index contributed by atoms with van der Waals surface area (Å²) in [5.74, 6) is 0.399. The van der Waals surface area contributed by atoms with Crippen molar-refractivity contribution in [2.24, 2.45) is 0 Å². The molecule has 34 heavy (non-hydrogen) atoms. The molecule has 0 atom stereocenters. The number of rotatable bonds is 8. The lowest BCUT2D eigenvalue weighted by Crippen LogP contribution is -2.52. The summed E-state index contributed by atoms with van der Waals surface area (Å²) < 4.78 is 5.40. The largest absolute Gasteiger partial charge is 0.494 e. The first-order chi connectivity index (χ1) is 16.7. The lowest BCUT2D eigenvalue weighted by atomic mass is 9.96. The standard InChI is InChI=1S/C28H31N3O3/c1-2-34-25-15-13-24(14-16-25)28(33)29-21-26(32)30-17-19-31(20-18-30)27(22-9-5-3-6-10-22)23-11-7-4-8-12-23/h3-16,27H,2,17-21H2,1H3,(H,29,33). The van der Waals surface area contributed by atoms with Crippen LogP contribution in [0.4, 0.5) is 0 Å². The number of piperazine rings is 1. The minimum Gasteiger partial charge on any atom is -0.494 e. The van der Waals surface area contributed by atoms with Crippen molar-refractivity contribution in [1.29, 1.82) is 0 Å². The van der Waals surface area contributed by atoms with Crippen LogP contribution < -0.4 is 10.1 Å². The summed E-state index contributed by atoms with van der Waals surface area (Å²) in [7, 11) is 0. The molecule has 1 aliphatic rings. The van der Waals surface area contributed by atoms with Crippen molar-refractivity contribution >= 4 is 11.8 Å². The summed E-state index contributed by atoms with van der Waals surface area (Å²) in [6.45, 7) is 5.29. The van der Waals surface area contributed by atoms with Crippen molar-refractivity contribution in [3.8, 4) is 5.75 Å². The highest BCUT2D eigenvalue weighted by molar-refractivity contribution is 5.96. The number of benzene rings is 3. The van der Waals surface area contributed by atoms with E-state index in [1.54, 1.807) is 24.3 Å². The number of ether oxygens (including phenoxy) is 1. The average molecular weight is 458 g/mol. The third-order valence-corrected chi connectivity index (χ3v) is 6.09.